The maximum Gasteiger partial charge on any atom is 0.269 e. The van der Waals surface area contributed by atoms with Crippen molar-refractivity contribution < 1.29 is 24.2 Å². The van der Waals surface area contributed by atoms with Gasteiger partial charge in [-0.3, -0.25) is 20.4 Å². The molecule has 2 N–H and O–H groups in total. The summed E-state index contributed by atoms with van der Waals surface area (Å²) in [5.74, 6) is -3.04. The number of aliphatic carboxylic acids is 1. The minimum atomic E-state index is -1.22. The van der Waals surface area contributed by atoms with E-state index in [1.807, 2.05) is 22.6 Å². The molecule has 0 radical (unpaired) electrons. The fraction of sp³-hybridized carbons (Fsp3) is 0.438. The lowest BCUT2D eigenvalue weighted by Gasteiger charge is -2.31. The number of benzene rings is 1. The molecule has 130 valence electrons. The fourth-order valence-corrected chi connectivity index (χ4v) is 3.55. The summed E-state index contributed by atoms with van der Waals surface area (Å²) in [4.78, 5) is 35.4. The second-order valence-electron chi connectivity index (χ2n) is 5.61. The average molecular weight is 445 g/mol. The molecule has 0 aliphatic heterocycles. The standard InChI is InChI=1S/C16H19IN2O5/c1-24-13-7-6-9(8-12(13)17)14(20)18-19-15(21)10-4-2-3-5-11(10)16(22)23/h6-8,10-11H,2-5H2,1H3,(H,18,20)(H,19,21)(H,22,23)/p-1/t10-,11+/m1/s1. The molecule has 2 atom stereocenters. The highest BCUT2D eigenvalue weighted by Gasteiger charge is 2.32. The minimum Gasteiger partial charge on any atom is -0.550 e. The molecule has 8 heteroatoms. The SMILES string of the molecule is COc1ccc(C(=O)NNC(=O)[C@@H]2CCCC[C@@H]2C(=O)[O-])cc1I. The lowest BCUT2D eigenvalue weighted by molar-refractivity contribution is -0.314. The van der Waals surface area contributed by atoms with Crippen molar-refractivity contribution in [3.05, 3.63) is 27.3 Å². The molecule has 0 unspecified atom stereocenters. The molecule has 0 saturated heterocycles. The summed E-state index contributed by atoms with van der Waals surface area (Å²) >= 11 is 2.04. The highest BCUT2D eigenvalue weighted by Crippen LogP contribution is 2.29. The Labute approximate surface area is 153 Å². The molecule has 24 heavy (non-hydrogen) atoms. The molecule has 2 rings (SSSR count). The number of rotatable bonds is 4. The number of ether oxygens (including phenoxy) is 1. The van der Waals surface area contributed by atoms with Gasteiger partial charge in [-0.15, -0.1) is 0 Å². The van der Waals surface area contributed by atoms with Crippen molar-refractivity contribution in [2.24, 2.45) is 11.8 Å². The molecule has 7 nitrogen and oxygen atoms in total. The van der Waals surface area contributed by atoms with E-state index in [1.54, 1.807) is 18.2 Å². The van der Waals surface area contributed by atoms with Gasteiger partial charge in [0.05, 0.1) is 10.7 Å². The monoisotopic (exact) mass is 445 g/mol. The Morgan fingerprint density at radius 2 is 1.83 bits per heavy atom. The van der Waals surface area contributed by atoms with E-state index in [9.17, 15) is 19.5 Å². The fourth-order valence-electron chi connectivity index (χ4n) is 2.82. The molecule has 0 heterocycles. The first-order valence-corrected chi connectivity index (χ1v) is 8.66. The quantitative estimate of drug-likeness (QED) is 0.522. The van der Waals surface area contributed by atoms with Crippen molar-refractivity contribution >= 4 is 40.4 Å². The molecule has 1 fully saturated rings. The molecule has 1 aromatic rings. The second kappa shape index (κ2) is 8.32. The van der Waals surface area contributed by atoms with Crippen molar-refractivity contribution in [3.8, 4) is 5.75 Å². The summed E-state index contributed by atoms with van der Waals surface area (Å²) in [6.07, 6.45) is 2.44. The maximum absolute atomic E-state index is 12.2. The van der Waals surface area contributed by atoms with Gasteiger partial charge in [-0.2, -0.15) is 0 Å². The van der Waals surface area contributed by atoms with E-state index >= 15 is 0 Å². The van der Waals surface area contributed by atoms with Crippen LogP contribution in [-0.2, 0) is 9.59 Å². The number of methoxy groups -OCH3 is 1. The van der Waals surface area contributed by atoms with Crippen LogP contribution in [0.15, 0.2) is 18.2 Å². The molecular weight excluding hydrogens is 427 g/mol. The van der Waals surface area contributed by atoms with E-state index in [-0.39, 0.29) is 0 Å². The van der Waals surface area contributed by atoms with Crippen LogP contribution in [0, 0.1) is 15.4 Å². The van der Waals surface area contributed by atoms with Crippen LogP contribution in [0.4, 0.5) is 0 Å². The van der Waals surface area contributed by atoms with Crippen LogP contribution in [0.5, 0.6) is 5.75 Å². The van der Waals surface area contributed by atoms with E-state index < -0.39 is 29.6 Å². The largest absolute Gasteiger partial charge is 0.550 e. The van der Waals surface area contributed by atoms with Gasteiger partial charge in [0.2, 0.25) is 5.91 Å². The van der Waals surface area contributed by atoms with Gasteiger partial charge in [0, 0.05) is 23.4 Å². The second-order valence-corrected chi connectivity index (χ2v) is 6.77. The van der Waals surface area contributed by atoms with Gasteiger partial charge in [-0.1, -0.05) is 12.8 Å². The molecule has 0 aromatic heterocycles. The van der Waals surface area contributed by atoms with Gasteiger partial charge in [-0.25, -0.2) is 0 Å². The summed E-state index contributed by atoms with van der Waals surface area (Å²) in [6.45, 7) is 0. The number of carbonyl (C=O) groups is 3. The Balaban J connectivity index is 1.96. The van der Waals surface area contributed by atoms with Gasteiger partial charge < -0.3 is 14.6 Å². The zero-order chi connectivity index (χ0) is 17.7. The predicted molar refractivity (Wildman–Crippen MR) is 91.8 cm³/mol. The minimum absolute atomic E-state index is 0.362. The van der Waals surface area contributed by atoms with Gasteiger partial charge in [0.1, 0.15) is 5.75 Å². The maximum atomic E-state index is 12.2. The number of carboxylic acids is 1. The predicted octanol–water partition coefficient (Wildman–Crippen LogP) is 0.617. The van der Waals surface area contributed by atoms with E-state index in [1.165, 1.54) is 7.11 Å². The molecular formula is C16H18IN2O5-. The average Bonchev–Trinajstić information content (AvgIpc) is 2.59. The number of hydrogen-bond donors (Lipinski definition) is 2. The van der Waals surface area contributed by atoms with Crippen LogP contribution in [-0.4, -0.2) is 24.9 Å². The lowest BCUT2D eigenvalue weighted by Crippen LogP contribution is -2.49. The van der Waals surface area contributed by atoms with Gasteiger partial charge >= 0.3 is 0 Å². The molecule has 1 saturated carbocycles. The van der Waals surface area contributed by atoms with Crippen LogP contribution in [0.3, 0.4) is 0 Å². The van der Waals surface area contributed by atoms with Crippen LogP contribution in [0.2, 0.25) is 0 Å². The Kier molecular flexibility index (Phi) is 6.41. The van der Waals surface area contributed by atoms with Crippen molar-refractivity contribution in [2.75, 3.05) is 7.11 Å². The summed E-state index contributed by atoms with van der Waals surface area (Å²) in [5, 5.41) is 11.1. The van der Waals surface area contributed by atoms with Gasteiger partial charge in [-0.05, 0) is 53.6 Å². The summed E-state index contributed by atoms with van der Waals surface area (Å²) in [5.41, 5.74) is 5.01. The zero-order valence-corrected chi connectivity index (χ0v) is 15.3. The Bertz CT molecular complexity index is 649. The molecule has 1 aliphatic rings. The van der Waals surface area contributed by atoms with E-state index in [0.717, 1.165) is 16.4 Å². The molecule has 1 aromatic carbocycles. The Morgan fingerprint density at radius 3 is 2.42 bits per heavy atom. The number of nitrogens with one attached hydrogen (secondary N) is 2. The van der Waals surface area contributed by atoms with Crippen molar-refractivity contribution in [1.29, 1.82) is 0 Å². The summed E-state index contributed by atoms with van der Waals surface area (Å²) < 4.78 is 5.88. The van der Waals surface area contributed by atoms with E-state index in [0.29, 0.717) is 24.2 Å². The number of amides is 2. The topological polar surface area (TPSA) is 108 Å². The van der Waals surface area contributed by atoms with Crippen LogP contribution in [0.1, 0.15) is 36.0 Å². The summed E-state index contributed by atoms with van der Waals surface area (Å²) in [7, 11) is 1.54. The Morgan fingerprint density at radius 1 is 1.17 bits per heavy atom. The number of carbonyl (C=O) groups excluding carboxylic acids is 3. The van der Waals surface area contributed by atoms with E-state index in [2.05, 4.69) is 10.9 Å². The summed E-state index contributed by atoms with van der Waals surface area (Å²) in [6, 6.07) is 4.87. The number of hydrogen-bond acceptors (Lipinski definition) is 5. The molecule has 0 spiro atoms. The first-order valence-electron chi connectivity index (χ1n) is 7.58. The smallest absolute Gasteiger partial charge is 0.269 e. The zero-order valence-electron chi connectivity index (χ0n) is 13.1. The Hall–Kier alpha value is -1.84. The third kappa shape index (κ3) is 4.37. The van der Waals surface area contributed by atoms with Crippen LogP contribution < -0.4 is 20.7 Å². The third-order valence-electron chi connectivity index (χ3n) is 4.12. The lowest BCUT2D eigenvalue weighted by atomic mass is 9.79. The third-order valence-corrected chi connectivity index (χ3v) is 4.96. The van der Waals surface area contributed by atoms with Crippen LogP contribution in [0.25, 0.3) is 0 Å². The highest BCUT2D eigenvalue weighted by atomic mass is 127. The van der Waals surface area contributed by atoms with Crippen molar-refractivity contribution in [1.82, 2.24) is 10.9 Å². The molecule has 0 bridgehead atoms. The van der Waals surface area contributed by atoms with Crippen molar-refractivity contribution in [2.45, 2.75) is 25.7 Å². The number of hydrazine groups is 1. The van der Waals surface area contributed by atoms with Gasteiger partial charge in [0.15, 0.2) is 0 Å². The highest BCUT2D eigenvalue weighted by molar-refractivity contribution is 14.1. The van der Waals surface area contributed by atoms with Crippen molar-refractivity contribution in [3.63, 3.8) is 0 Å². The van der Waals surface area contributed by atoms with E-state index in [4.69, 9.17) is 4.74 Å². The van der Waals surface area contributed by atoms with Crippen LogP contribution >= 0.6 is 22.6 Å². The number of halogens is 1. The van der Waals surface area contributed by atoms with Gasteiger partial charge in [0.25, 0.3) is 5.91 Å². The normalized spacial score (nSPS) is 20.1. The first kappa shape index (κ1) is 18.5. The molecule has 2 amide bonds. The molecule has 1 aliphatic carbocycles. The first-order chi connectivity index (χ1) is 11.4. The number of carboxylic acid groups (broad SMARTS) is 1.